The van der Waals surface area contributed by atoms with Gasteiger partial charge in [0.1, 0.15) is 17.3 Å². The number of ether oxygens (including phenoxy) is 1. The molecule has 0 saturated carbocycles. The lowest BCUT2D eigenvalue weighted by molar-refractivity contribution is -0.571. The summed E-state index contributed by atoms with van der Waals surface area (Å²) < 4.78 is 116. The summed E-state index contributed by atoms with van der Waals surface area (Å²) in [4.78, 5) is 4.73. The Hall–Kier alpha value is -7.24. The predicted octanol–water partition coefficient (Wildman–Crippen LogP) is 13.5. The van der Waals surface area contributed by atoms with Crippen LogP contribution in [0.25, 0.3) is 72.3 Å². The van der Waals surface area contributed by atoms with Crippen LogP contribution >= 0.6 is 0 Å². The number of para-hydroxylation sites is 2. The summed E-state index contributed by atoms with van der Waals surface area (Å²) >= 11 is 0. The van der Waals surface area contributed by atoms with Crippen molar-refractivity contribution in [2.45, 2.75) is 46.4 Å². The van der Waals surface area contributed by atoms with Gasteiger partial charge in [0.25, 0.3) is 6.33 Å². The molecule has 10 aromatic rings. The highest BCUT2D eigenvalue weighted by atomic mass is 16.5. The van der Waals surface area contributed by atoms with Crippen molar-refractivity contribution in [3.05, 3.63) is 199 Å². The number of rotatable bonds is 8. The van der Waals surface area contributed by atoms with Crippen molar-refractivity contribution in [2.24, 2.45) is 0 Å². The quantitative estimate of drug-likeness (QED) is 0.114. The third-order valence-electron chi connectivity index (χ3n) is 10.9. The standard InChI is InChI=1S/C55H46N4O/c1-6-38-30-31-56-52(32-38)59-49-29-26-41(55(3,4)5)33-48(49)47-28-27-44(35-51(47)59)60-43-22-14-21-42(34-43)57-36-58(53-37(2)16-13-25-50(53)57)54-45(39-17-9-7-10-18-39)23-15-24-46(54)40-19-11-8-12-20-40/h7-35H,6H2,1-5H3/i6D2,7D,8D,9D,10D,11D,12D,17D,18D,19D,20D. The smallest absolute Gasteiger partial charge is 0.269 e. The van der Waals surface area contributed by atoms with Gasteiger partial charge in [-0.3, -0.25) is 13.7 Å². The number of aryl methyl sites for hydroxylation is 2. The molecule has 5 heteroatoms. The van der Waals surface area contributed by atoms with Crippen molar-refractivity contribution in [2.75, 3.05) is 0 Å². The second kappa shape index (κ2) is 14.9. The first-order chi connectivity index (χ1) is 34.1. The van der Waals surface area contributed by atoms with Crippen LogP contribution in [0.4, 0.5) is 0 Å². The molecule has 0 aliphatic heterocycles. The van der Waals surface area contributed by atoms with E-state index in [-0.39, 0.29) is 33.4 Å². The number of imidazole rings is 1. The number of fused-ring (bicyclic) bond motifs is 4. The summed E-state index contributed by atoms with van der Waals surface area (Å²) in [5, 5.41) is 1.98. The molecule has 0 bridgehead atoms. The molecule has 0 aliphatic carbocycles. The Labute approximate surface area is 368 Å². The van der Waals surface area contributed by atoms with E-state index in [9.17, 15) is 0 Å². The van der Waals surface area contributed by atoms with E-state index in [4.69, 9.17) is 26.2 Å². The minimum Gasteiger partial charge on any atom is -0.458 e. The first kappa shape index (κ1) is 26.0. The number of hydrogen-bond acceptors (Lipinski definition) is 2. The number of pyridine rings is 1. The normalized spacial score (nSPS) is 14.9. The zero-order valence-electron chi connectivity index (χ0n) is 45.7. The minimum atomic E-state index is -1.60. The molecule has 0 unspecified atom stereocenters. The zero-order chi connectivity index (χ0) is 51.5. The van der Waals surface area contributed by atoms with Crippen LogP contribution in [0.3, 0.4) is 0 Å². The van der Waals surface area contributed by atoms with Gasteiger partial charge in [-0.05, 0) is 112 Å². The largest absolute Gasteiger partial charge is 0.458 e. The van der Waals surface area contributed by atoms with Crippen molar-refractivity contribution in [1.82, 2.24) is 14.1 Å². The Bertz CT molecular complexity index is 3760. The maximum absolute atomic E-state index is 9.05. The fourth-order valence-electron chi connectivity index (χ4n) is 7.93. The zero-order valence-corrected chi connectivity index (χ0v) is 33.7. The molecule has 0 atom stereocenters. The molecular formula is C55H46N4O. The Morgan fingerprint density at radius 2 is 1.40 bits per heavy atom. The van der Waals surface area contributed by atoms with E-state index in [1.807, 2.05) is 72.2 Å². The van der Waals surface area contributed by atoms with Gasteiger partial charge in [-0.15, -0.1) is 0 Å². The van der Waals surface area contributed by atoms with Crippen LogP contribution < -0.4 is 9.30 Å². The molecule has 292 valence electrons. The van der Waals surface area contributed by atoms with Crippen molar-refractivity contribution in [3.8, 4) is 50.9 Å². The van der Waals surface area contributed by atoms with Crippen LogP contribution in [-0.4, -0.2) is 14.1 Å². The Kier molecular flexibility index (Phi) is 6.43. The Morgan fingerprint density at radius 3 is 2.12 bits per heavy atom. The lowest BCUT2D eigenvalue weighted by Gasteiger charge is -2.19. The molecule has 0 saturated heterocycles. The first-order valence-electron chi connectivity index (χ1n) is 25.6. The van der Waals surface area contributed by atoms with Gasteiger partial charge >= 0.3 is 0 Å². The number of nitrogens with zero attached hydrogens (tertiary/aromatic N) is 4. The van der Waals surface area contributed by atoms with Crippen LogP contribution in [0, 0.1) is 13.3 Å². The lowest BCUT2D eigenvalue weighted by atomic mass is 9.86. The van der Waals surface area contributed by atoms with E-state index in [2.05, 4.69) is 45.3 Å². The molecule has 60 heavy (non-hydrogen) atoms. The van der Waals surface area contributed by atoms with Crippen LogP contribution in [0.5, 0.6) is 11.5 Å². The molecule has 10 rings (SSSR count). The monoisotopic (exact) mass is 790 g/mol. The van der Waals surface area contributed by atoms with Crippen LogP contribution in [0.1, 0.15) is 60.8 Å². The first-order valence-corrected chi connectivity index (χ1v) is 19.6. The third-order valence-corrected chi connectivity index (χ3v) is 10.9. The van der Waals surface area contributed by atoms with Crippen LogP contribution in [-0.2, 0) is 11.8 Å². The van der Waals surface area contributed by atoms with E-state index >= 15 is 0 Å². The molecule has 0 radical (unpaired) electrons. The lowest BCUT2D eigenvalue weighted by Crippen LogP contribution is -2.32. The second-order valence-electron chi connectivity index (χ2n) is 15.7. The number of benzene rings is 7. The summed E-state index contributed by atoms with van der Waals surface area (Å²) in [6.45, 7) is 9.92. The highest BCUT2D eigenvalue weighted by Crippen LogP contribution is 2.39. The maximum Gasteiger partial charge on any atom is 0.269 e. The average Bonchev–Trinajstić information content (AvgIpc) is 3.90. The molecule has 0 spiro atoms. The van der Waals surface area contributed by atoms with Crippen molar-refractivity contribution in [3.63, 3.8) is 0 Å². The van der Waals surface area contributed by atoms with Gasteiger partial charge in [0.15, 0.2) is 0 Å². The SMILES string of the molecule is [2H]c1c([2H])c([2H])c(-c2cccc(-c3c([2H])c([2H])c([2H])c([2H])c3[2H])c2-[n+]2[c-]n(-c3cccc(Oc4ccc5c6cc(C(C)(C)C)ccc6n(-c6cc(C([2H])([2H])C)ccn6)c5c4)c3)c3cccc(C)c32)c([2H])c1[2H]. The molecule has 3 heterocycles. The average molecular weight is 791 g/mol. The molecule has 0 N–H and O–H groups in total. The fraction of sp³-hybridized carbons (Fsp3) is 0.127. The second-order valence-corrected chi connectivity index (χ2v) is 15.7. The third kappa shape index (κ3) is 6.53. The van der Waals surface area contributed by atoms with Gasteiger partial charge in [0, 0.05) is 25.8 Å². The molecule has 7 aromatic carbocycles. The highest BCUT2D eigenvalue weighted by Gasteiger charge is 2.22. The predicted molar refractivity (Wildman–Crippen MR) is 246 cm³/mol. The van der Waals surface area contributed by atoms with Gasteiger partial charge in [0.2, 0.25) is 0 Å². The number of hydrogen-bond donors (Lipinski definition) is 0. The summed E-state index contributed by atoms with van der Waals surface area (Å²) in [7, 11) is 0. The van der Waals surface area contributed by atoms with E-state index in [1.54, 1.807) is 45.7 Å². The molecule has 0 amide bonds. The van der Waals surface area contributed by atoms with E-state index < -0.39 is 66.8 Å². The van der Waals surface area contributed by atoms with Gasteiger partial charge in [0.05, 0.1) is 47.1 Å². The van der Waals surface area contributed by atoms with Crippen molar-refractivity contribution < 1.29 is 25.8 Å². The van der Waals surface area contributed by atoms with E-state index in [0.717, 1.165) is 32.9 Å². The molecule has 0 aliphatic rings. The fourth-order valence-corrected chi connectivity index (χ4v) is 7.93. The molecule has 5 nitrogen and oxygen atoms in total. The van der Waals surface area contributed by atoms with Crippen molar-refractivity contribution in [1.29, 1.82) is 0 Å². The molecular weight excluding hydrogens is 733 g/mol. The molecule has 0 fully saturated rings. The van der Waals surface area contributed by atoms with E-state index in [1.165, 1.54) is 6.92 Å². The summed E-state index contributed by atoms with van der Waals surface area (Å²) in [6.07, 6.45) is 3.48. The molecule has 3 aromatic heterocycles. The summed E-state index contributed by atoms with van der Waals surface area (Å²) in [6, 6.07) is 28.2. The minimum absolute atomic E-state index is 0.117. The number of aromatic nitrogens is 4. The van der Waals surface area contributed by atoms with Gasteiger partial charge in [-0.2, -0.15) is 0 Å². The van der Waals surface area contributed by atoms with Crippen molar-refractivity contribution >= 4 is 32.8 Å². The highest BCUT2D eigenvalue weighted by molar-refractivity contribution is 6.09. The van der Waals surface area contributed by atoms with Gasteiger partial charge in [-0.1, -0.05) is 137 Å². The van der Waals surface area contributed by atoms with Crippen LogP contribution in [0.2, 0.25) is 0 Å². The topological polar surface area (TPSA) is 35.9 Å². The van der Waals surface area contributed by atoms with Gasteiger partial charge < -0.3 is 4.74 Å². The van der Waals surface area contributed by atoms with Gasteiger partial charge in [-0.25, -0.2) is 4.98 Å². The van der Waals surface area contributed by atoms with Crippen LogP contribution in [0.15, 0.2) is 176 Å². The maximum atomic E-state index is 9.05. The Balaban J connectivity index is 1.16. The summed E-state index contributed by atoms with van der Waals surface area (Å²) in [5.41, 5.74) is 6.01. The van der Waals surface area contributed by atoms with E-state index in [0.29, 0.717) is 39.6 Å². The Morgan fingerprint density at radius 1 is 0.700 bits per heavy atom. The summed E-state index contributed by atoms with van der Waals surface area (Å²) in [5.74, 6) is 1.55.